The second-order valence-corrected chi connectivity index (χ2v) is 5.30. The lowest BCUT2D eigenvalue weighted by Crippen LogP contribution is -2.20. The number of phenolic OH excluding ortho intramolecular Hbond substituents is 1. The lowest BCUT2D eigenvalue weighted by Gasteiger charge is -2.27. The van der Waals surface area contributed by atoms with Gasteiger partial charge in [0.2, 0.25) is 0 Å². The highest BCUT2D eigenvalue weighted by molar-refractivity contribution is 5.29. The number of benzene rings is 1. The standard InChI is InChI=1S/C17H24O2/c1-6-13(2)7-8-14(3)19-17(4,5)15-9-11-16(18)12-10-15/h7-12,18H,6H2,1-5H3/b13-7-,14-8+. The van der Waals surface area contributed by atoms with Crippen molar-refractivity contribution in [3.05, 3.63) is 53.3 Å². The minimum atomic E-state index is -0.414. The van der Waals surface area contributed by atoms with Crippen LogP contribution in [0.1, 0.15) is 46.6 Å². The van der Waals surface area contributed by atoms with Crippen molar-refractivity contribution in [2.75, 3.05) is 0 Å². The van der Waals surface area contributed by atoms with Crippen molar-refractivity contribution >= 4 is 0 Å². The zero-order chi connectivity index (χ0) is 14.5. The molecule has 1 N–H and O–H groups in total. The van der Waals surface area contributed by atoms with E-state index in [0.29, 0.717) is 0 Å². The Hall–Kier alpha value is -1.70. The van der Waals surface area contributed by atoms with E-state index in [2.05, 4.69) is 19.9 Å². The molecule has 0 atom stereocenters. The number of ether oxygens (including phenoxy) is 1. The molecule has 2 nitrogen and oxygen atoms in total. The maximum absolute atomic E-state index is 9.32. The van der Waals surface area contributed by atoms with Gasteiger partial charge in [-0.15, -0.1) is 0 Å². The Balaban J connectivity index is 2.82. The second-order valence-electron chi connectivity index (χ2n) is 5.30. The van der Waals surface area contributed by atoms with Gasteiger partial charge in [-0.05, 0) is 57.9 Å². The Morgan fingerprint density at radius 1 is 1.16 bits per heavy atom. The van der Waals surface area contributed by atoms with Crippen LogP contribution >= 0.6 is 0 Å². The Kier molecular flexibility index (Phi) is 5.22. The summed E-state index contributed by atoms with van der Waals surface area (Å²) in [4.78, 5) is 0. The molecule has 0 aliphatic rings. The molecule has 0 heterocycles. The molecular weight excluding hydrogens is 236 g/mol. The molecule has 0 fully saturated rings. The van der Waals surface area contributed by atoms with E-state index in [9.17, 15) is 5.11 Å². The number of rotatable bonds is 5. The van der Waals surface area contributed by atoms with Crippen LogP contribution in [0.3, 0.4) is 0 Å². The van der Waals surface area contributed by atoms with E-state index in [0.717, 1.165) is 17.7 Å². The molecule has 0 spiro atoms. The van der Waals surface area contributed by atoms with Gasteiger partial charge in [0.15, 0.2) is 0 Å². The number of allylic oxidation sites excluding steroid dienone is 4. The molecule has 0 bridgehead atoms. The van der Waals surface area contributed by atoms with Gasteiger partial charge >= 0.3 is 0 Å². The van der Waals surface area contributed by atoms with E-state index in [4.69, 9.17) is 4.74 Å². The lowest BCUT2D eigenvalue weighted by atomic mass is 9.98. The molecule has 104 valence electrons. The summed E-state index contributed by atoms with van der Waals surface area (Å²) in [5.74, 6) is 1.15. The third kappa shape index (κ3) is 4.82. The Morgan fingerprint density at radius 2 is 1.74 bits per heavy atom. The first-order valence-electron chi connectivity index (χ1n) is 6.67. The van der Waals surface area contributed by atoms with Crippen LogP contribution in [0.2, 0.25) is 0 Å². The summed E-state index contributed by atoms with van der Waals surface area (Å²) in [6.45, 7) is 10.2. The van der Waals surface area contributed by atoms with Crippen molar-refractivity contribution in [3.63, 3.8) is 0 Å². The van der Waals surface area contributed by atoms with Gasteiger partial charge in [0.1, 0.15) is 11.4 Å². The third-order valence-corrected chi connectivity index (χ3v) is 3.14. The van der Waals surface area contributed by atoms with E-state index in [1.165, 1.54) is 5.57 Å². The largest absolute Gasteiger partial charge is 0.508 e. The minimum absolute atomic E-state index is 0.272. The fraction of sp³-hybridized carbons (Fsp3) is 0.412. The monoisotopic (exact) mass is 260 g/mol. The first-order valence-corrected chi connectivity index (χ1v) is 6.67. The van der Waals surface area contributed by atoms with E-state index in [1.807, 2.05) is 39.0 Å². The van der Waals surface area contributed by atoms with E-state index >= 15 is 0 Å². The molecule has 0 saturated carbocycles. The summed E-state index contributed by atoms with van der Waals surface area (Å²) in [6, 6.07) is 7.13. The Bertz CT molecular complexity index is 465. The third-order valence-electron chi connectivity index (χ3n) is 3.14. The van der Waals surface area contributed by atoms with Gasteiger partial charge in [-0.1, -0.05) is 30.7 Å². The fourth-order valence-electron chi connectivity index (χ4n) is 1.74. The molecule has 1 rings (SSSR count). The maximum atomic E-state index is 9.32. The van der Waals surface area contributed by atoms with E-state index in [-0.39, 0.29) is 5.75 Å². The highest BCUT2D eigenvalue weighted by atomic mass is 16.5. The SMILES string of the molecule is CC/C(C)=C\C=C(/C)OC(C)(C)c1ccc(O)cc1. The molecule has 0 aliphatic carbocycles. The summed E-state index contributed by atoms with van der Waals surface area (Å²) < 4.78 is 5.99. The number of aromatic hydroxyl groups is 1. The van der Waals surface area contributed by atoms with Crippen molar-refractivity contribution in [1.29, 1.82) is 0 Å². The zero-order valence-electron chi connectivity index (χ0n) is 12.5. The molecule has 2 heteroatoms. The van der Waals surface area contributed by atoms with E-state index < -0.39 is 5.60 Å². The van der Waals surface area contributed by atoms with Crippen molar-refractivity contribution < 1.29 is 9.84 Å². The summed E-state index contributed by atoms with van der Waals surface area (Å²) in [6.07, 6.45) is 5.13. The van der Waals surface area contributed by atoms with Crippen molar-refractivity contribution in [3.8, 4) is 5.75 Å². The molecule has 0 aromatic heterocycles. The first kappa shape index (κ1) is 15.4. The van der Waals surface area contributed by atoms with E-state index in [1.54, 1.807) is 12.1 Å². The predicted octanol–water partition coefficient (Wildman–Crippen LogP) is 4.90. The summed E-state index contributed by atoms with van der Waals surface area (Å²) >= 11 is 0. The maximum Gasteiger partial charge on any atom is 0.128 e. The van der Waals surface area contributed by atoms with Crippen LogP contribution in [-0.2, 0) is 10.3 Å². The van der Waals surface area contributed by atoms with Crippen LogP contribution in [0.15, 0.2) is 47.7 Å². The molecule has 0 amide bonds. The summed E-state index contributed by atoms with van der Waals surface area (Å²) in [5, 5.41) is 9.32. The molecule has 19 heavy (non-hydrogen) atoms. The Morgan fingerprint density at radius 3 is 2.26 bits per heavy atom. The van der Waals surface area contributed by atoms with Gasteiger partial charge in [0.25, 0.3) is 0 Å². The molecule has 0 radical (unpaired) electrons. The van der Waals surface area contributed by atoms with Gasteiger partial charge in [0.05, 0.1) is 5.76 Å². The van der Waals surface area contributed by atoms with Crippen molar-refractivity contribution in [2.24, 2.45) is 0 Å². The topological polar surface area (TPSA) is 29.5 Å². The van der Waals surface area contributed by atoms with Crippen LogP contribution < -0.4 is 0 Å². The van der Waals surface area contributed by atoms with Crippen LogP contribution in [-0.4, -0.2) is 5.11 Å². The van der Waals surface area contributed by atoms with Crippen LogP contribution in [0.5, 0.6) is 5.75 Å². The predicted molar refractivity (Wildman–Crippen MR) is 80.0 cm³/mol. The van der Waals surface area contributed by atoms with Crippen LogP contribution in [0.4, 0.5) is 0 Å². The normalized spacial score (nSPS) is 13.5. The van der Waals surface area contributed by atoms with Crippen LogP contribution in [0.25, 0.3) is 0 Å². The second kappa shape index (κ2) is 6.46. The molecule has 1 aromatic carbocycles. The molecule has 1 aromatic rings. The zero-order valence-corrected chi connectivity index (χ0v) is 12.5. The van der Waals surface area contributed by atoms with Gasteiger partial charge in [-0.3, -0.25) is 0 Å². The number of hydrogen-bond donors (Lipinski definition) is 1. The van der Waals surface area contributed by atoms with Gasteiger partial charge in [0, 0.05) is 0 Å². The fourth-order valence-corrected chi connectivity index (χ4v) is 1.74. The lowest BCUT2D eigenvalue weighted by molar-refractivity contribution is 0.0328. The Labute approximate surface area is 116 Å². The quantitative estimate of drug-likeness (QED) is 0.602. The molecular formula is C17H24O2. The molecule has 0 aliphatic heterocycles. The number of hydrogen-bond acceptors (Lipinski definition) is 2. The minimum Gasteiger partial charge on any atom is -0.508 e. The smallest absolute Gasteiger partial charge is 0.128 e. The molecule has 0 unspecified atom stereocenters. The summed E-state index contributed by atoms with van der Waals surface area (Å²) in [7, 11) is 0. The van der Waals surface area contributed by atoms with Gasteiger partial charge in [-0.25, -0.2) is 0 Å². The average molecular weight is 260 g/mol. The highest BCUT2D eigenvalue weighted by Crippen LogP contribution is 2.28. The number of phenols is 1. The van der Waals surface area contributed by atoms with Crippen LogP contribution in [0, 0.1) is 0 Å². The summed E-state index contributed by atoms with van der Waals surface area (Å²) in [5.41, 5.74) is 1.95. The first-order chi connectivity index (χ1) is 8.85. The average Bonchev–Trinajstić information content (AvgIpc) is 2.36. The molecule has 0 saturated heterocycles. The van der Waals surface area contributed by atoms with Crippen molar-refractivity contribution in [1.82, 2.24) is 0 Å². The van der Waals surface area contributed by atoms with Gasteiger partial charge < -0.3 is 9.84 Å². The van der Waals surface area contributed by atoms with Crippen molar-refractivity contribution in [2.45, 2.75) is 46.6 Å². The van der Waals surface area contributed by atoms with Gasteiger partial charge in [-0.2, -0.15) is 0 Å². The highest BCUT2D eigenvalue weighted by Gasteiger charge is 2.22.